The van der Waals surface area contributed by atoms with Crippen molar-refractivity contribution in [3.63, 3.8) is 0 Å². The van der Waals surface area contributed by atoms with Crippen LogP contribution in [0.3, 0.4) is 0 Å². The second-order valence-corrected chi connectivity index (χ2v) is 9.53. The molecular formula is C27H54N2O3. The molecule has 5 nitrogen and oxygen atoms in total. The van der Waals surface area contributed by atoms with Gasteiger partial charge in [0.1, 0.15) is 6.23 Å². The molecule has 0 aliphatic heterocycles. The molecule has 0 aromatic rings. The maximum atomic E-state index is 12.1. The van der Waals surface area contributed by atoms with Crippen LogP contribution in [0.2, 0.25) is 0 Å². The van der Waals surface area contributed by atoms with Crippen LogP contribution in [0.25, 0.3) is 0 Å². The Kier molecular flexibility index (Phi) is 22.3. The highest BCUT2D eigenvalue weighted by Gasteiger charge is 2.18. The van der Waals surface area contributed by atoms with E-state index in [9.17, 15) is 14.7 Å². The van der Waals surface area contributed by atoms with E-state index in [1.807, 2.05) is 0 Å². The number of rotatable bonds is 23. The molecule has 190 valence electrons. The number of nitrogens with one attached hydrogen (secondary N) is 2. The molecule has 5 heteroatoms. The lowest BCUT2D eigenvalue weighted by Crippen LogP contribution is -2.50. The second kappa shape index (κ2) is 23.1. The van der Waals surface area contributed by atoms with Crippen LogP contribution in [-0.2, 0) is 9.59 Å². The third kappa shape index (κ3) is 20.8. The van der Waals surface area contributed by atoms with Gasteiger partial charge in [-0.25, -0.2) is 0 Å². The molecule has 2 atom stereocenters. The Bertz CT molecular complexity index is 403. The molecule has 0 heterocycles. The molecule has 0 bridgehead atoms. The number of aliphatic hydroxyl groups is 1. The minimum absolute atomic E-state index is 0.0484. The lowest BCUT2D eigenvalue weighted by Gasteiger charge is -2.21. The summed E-state index contributed by atoms with van der Waals surface area (Å²) in [6.07, 6.45) is 21.8. The van der Waals surface area contributed by atoms with Gasteiger partial charge in [0.05, 0.1) is 6.04 Å². The fraction of sp³-hybridized carbons (Fsp3) is 0.926. The number of hydrogen-bond donors (Lipinski definition) is 3. The van der Waals surface area contributed by atoms with Gasteiger partial charge in [0.25, 0.3) is 0 Å². The van der Waals surface area contributed by atoms with Gasteiger partial charge in [0.2, 0.25) is 11.8 Å². The van der Waals surface area contributed by atoms with E-state index in [2.05, 4.69) is 24.5 Å². The molecule has 0 saturated carbocycles. The van der Waals surface area contributed by atoms with E-state index >= 15 is 0 Å². The van der Waals surface area contributed by atoms with Crippen molar-refractivity contribution < 1.29 is 14.7 Å². The van der Waals surface area contributed by atoms with Crippen LogP contribution in [-0.4, -0.2) is 29.2 Å². The van der Waals surface area contributed by atoms with E-state index in [0.29, 0.717) is 12.8 Å². The summed E-state index contributed by atoms with van der Waals surface area (Å²) in [6, 6.07) is -0.479. The summed E-state index contributed by atoms with van der Waals surface area (Å²) in [5.41, 5.74) is 0. The van der Waals surface area contributed by atoms with Crippen molar-refractivity contribution in [3.8, 4) is 0 Å². The van der Waals surface area contributed by atoms with Crippen molar-refractivity contribution >= 4 is 11.8 Å². The summed E-state index contributed by atoms with van der Waals surface area (Å²) in [7, 11) is 0. The van der Waals surface area contributed by atoms with Crippen LogP contribution in [0.5, 0.6) is 0 Å². The average molecular weight is 455 g/mol. The van der Waals surface area contributed by atoms with Gasteiger partial charge in [-0.3, -0.25) is 9.59 Å². The summed E-state index contributed by atoms with van der Waals surface area (Å²) >= 11 is 0. The zero-order valence-corrected chi connectivity index (χ0v) is 21.6. The standard InChI is InChI=1S/C27H54N2O3/c1-4-6-8-10-12-14-16-18-20-22-25(30)28-24(3)27(32)29-26(31)23-21-19-17-15-13-11-9-7-5-2/h24,27,32H,4-23H2,1-3H3,(H,28,30)(H,29,31). The van der Waals surface area contributed by atoms with Gasteiger partial charge in [0.15, 0.2) is 0 Å². The van der Waals surface area contributed by atoms with Gasteiger partial charge in [-0.1, -0.05) is 117 Å². The van der Waals surface area contributed by atoms with E-state index in [1.54, 1.807) is 6.92 Å². The highest BCUT2D eigenvalue weighted by molar-refractivity contribution is 5.77. The summed E-state index contributed by atoms with van der Waals surface area (Å²) in [5, 5.41) is 15.6. The van der Waals surface area contributed by atoms with E-state index in [4.69, 9.17) is 0 Å². The molecule has 0 rings (SSSR count). The monoisotopic (exact) mass is 454 g/mol. The fourth-order valence-electron chi connectivity index (χ4n) is 3.96. The van der Waals surface area contributed by atoms with Gasteiger partial charge < -0.3 is 15.7 Å². The first-order valence-corrected chi connectivity index (χ1v) is 13.8. The molecule has 32 heavy (non-hydrogen) atoms. The van der Waals surface area contributed by atoms with Crippen LogP contribution < -0.4 is 10.6 Å². The Morgan fingerprint density at radius 1 is 0.562 bits per heavy atom. The Morgan fingerprint density at radius 2 is 0.875 bits per heavy atom. The molecule has 0 aliphatic rings. The quantitative estimate of drug-likeness (QED) is 0.118. The Balaban J connectivity index is 3.64. The van der Waals surface area contributed by atoms with Crippen molar-refractivity contribution in [3.05, 3.63) is 0 Å². The van der Waals surface area contributed by atoms with Crippen LogP contribution >= 0.6 is 0 Å². The van der Waals surface area contributed by atoms with Crippen molar-refractivity contribution in [2.75, 3.05) is 0 Å². The molecule has 0 aromatic heterocycles. The number of amides is 2. The van der Waals surface area contributed by atoms with Crippen LogP contribution in [0.4, 0.5) is 0 Å². The smallest absolute Gasteiger partial charge is 0.222 e. The topological polar surface area (TPSA) is 78.4 Å². The molecule has 2 unspecified atom stereocenters. The maximum absolute atomic E-state index is 12.1. The SMILES string of the molecule is CCCCCCCCCCCC(=O)NC(C)C(O)NC(=O)CCCCCCCCCCC. The number of carbonyl (C=O) groups is 2. The minimum Gasteiger partial charge on any atom is -0.372 e. The Morgan fingerprint density at radius 3 is 1.25 bits per heavy atom. The largest absolute Gasteiger partial charge is 0.372 e. The number of hydrogen-bond acceptors (Lipinski definition) is 3. The summed E-state index contributed by atoms with van der Waals surface area (Å²) in [5.74, 6) is -0.187. The molecular weight excluding hydrogens is 400 g/mol. The van der Waals surface area contributed by atoms with Crippen molar-refractivity contribution in [1.82, 2.24) is 10.6 Å². The summed E-state index contributed by atoms with van der Waals surface area (Å²) in [4.78, 5) is 24.1. The molecule has 0 aliphatic carbocycles. The van der Waals surface area contributed by atoms with Crippen molar-refractivity contribution in [1.29, 1.82) is 0 Å². The Hall–Kier alpha value is -1.10. The number of carbonyl (C=O) groups excluding carboxylic acids is 2. The van der Waals surface area contributed by atoms with Gasteiger partial charge >= 0.3 is 0 Å². The third-order valence-corrected chi connectivity index (χ3v) is 6.19. The van der Waals surface area contributed by atoms with Crippen LogP contribution in [0, 0.1) is 0 Å². The highest BCUT2D eigenvalue weighted by Crippen LogP contribution is 2.11. The lowest BCUT2D eigenvalue weighted by molar-refractivity contribution is -0.127. The normalized spacial score (nSPS) is 13.0. The third-order valence-electron chi connectivity index (χ3n) is 6.19. The van der Waals surface area contributed by atoms with Crippen LogP contribution in [0.1, 0.15) is 149 Å². The van der Waals surface area contributed by atoms with E-state index in [1.165, 1.54) is 89.9 Å². The van der Waals surface area contributed by atoms with Gasteiger partial charge in [-0.05, 0) is 19.8 Å². The molecule has 0 aromatic carbocycles. The first-order valence-electron chi connectivity index (χ1n) is 13.8. The highest BCUT2D eigenvalue weighted by atomic mass is 16.3. The van der Waals surface area contributed by atoms with Crippen LogP contribution in [0.15, 0.2) is 0 Å². The molecule has 0 fully saturated rings. The summed E-state index contributed by atoms with van der Waals surface area (Å²) < 4.78 is 0. The molecule has 0 saturated heterocycles. The minimum atomic E-state index is -1.03. The van der Waals surface area contributed by atoms with Gasteiger partial charge in [0, 0.05) is 12.8 Å². The average Bonchev–Trinajstić information content (AvgIpc) is 2.76. The second-order valence-electron chi connectivity index (χ2n) is 9.53. The number of unbranched alkanes of at least 4 members (excludes halogenated alkanes) is 16. The predicted octanol–water partition coefficient (Wildman–Crippen LogP) is 6.77. The lowest BCUT2D eigenvalue weighted by atomic mass is 10.1. The van der Waals surface area contributed by atoms with Crippen molar-refractivity contribution in [2.45, 2.75) is 161 Å². The van der Waals surface area contributed by atoms with Gasteiger partial charge in [-0.2, -0.15) is 0 Å². The molecule has 2 amide bonds. The van der Waals surface area contributed by atoms with E-state index in [-0.39, 0.29) is 11.8 Å². The van der Waals surface area contributed by atoms with Gasteiger partial charge in [-0.15, -0.1) is 0 Å². The van der Waals surface area contributed by atoms with E-state index in [0.717, 1.165) is 25.7 Å². The zero-order chi connectivity index (χ0) is 23.9. The number of aliphatic hydroxyl groups excluding tert-OH is 1. The maximum Gasteiger partial charge on any atom is 0.222 e. The zero-order valence-electron chi connectivity index (χ0n) is 21.6. The predicted molar refractivity (Wildman–Crippen MR) is 135 cm³/mol. The molecule has 0 radical (unpaired) electrons. The summed E-state index contributed by atoms with van der Waals surface area (Å²) in [6.45, 7) is 6.20. The molecule has 3 N–H and O–H groups in total. The fourth-order valence-corrected chi connectivity index (χ4v) is 3.96. The first-order chi connectivity index (χ1) is 15.5. The first kappa shape index (κ1) is 30.9. The van der Waals surface area contributed by atoms with Crippen molar-refractivity contribution in [2.24, 2.45) is 0 Å². The van der Waals surface area contributed by atoms with E-state index < -0.39 is 12.3 Å². The molecule has 0 spiro atoms. The Labute approximate surface area is 198 Å².